The molecule has 0 aliphatic rings. The Hall–Kier alpha value is -4.70. The number of para-hydroxylation sites is 1. The molecule has 1 N–H and O–H groups in total. The van der Waals surface area contributed by atoms with Crippen molar-refractivity contribution in [2.45, 2.75) is 38.8 Å². The van der Waals surface area contributed by atoms with Gasteiger partial charge in [0.15, 0.2) is 0 Å². The molecule has 0 fully saturated rings. The molecule has 0 saturated heterocycles. The van der Waals surface area contributed by atoms with Crippen molar-refractivity contribution >= 4 is 27.5 Å². The van der Waals surface area contributed by atoms with Crippen molar-refractivity contribution in [2.24, 2.45) is 0 Å². The minimum Gasteiger partial charge on any atom is -0.457 e. The second-order valence-corrected chi connectivity index (χ2v) is 12.6. The zero-order valence-electron chi connectivity index (χ0n) is 25.4. The fraction of sp³-hybridized carbons (Fsp3) is 0.257. The molecule has 0 unspecified atom stereocenters. The van der Waals surface area contributed by atoms with Crippen molar-refractivity contribution in [1.82, 2.24) is 10.2 Å². The monoisotopic (exact) mass is 631 g/mol. The van der Waals surface area contributed by atoms with Gasteiger partial charge in [-0.15, -0.1) is 0 Å². The van der Waals surface area contributed by atoms with Crippen LogP contribution in [0.1, 0.15) is 30.9 Å². The predicted molar refractivity (Wildman–Crippen MR) is 174 cm³/mol. The van der Waals surface area contributed by atoms with Gasteiger partial charge in [-0.3, -0.25) is 13.9 Å². The van der Waals surface area contributed by atoms with Crippen molar-refractivity contribution in [3.63, 3.8) is 0 Å². The molecule has 4 aromatic carbocycles. The van der Waals surface area contributed by atoms with Gasteiger partial charge in [0, 0.05) is 19.5 Å². The molecule has 1 atom stereocenters. The van der Waals surface area contributed by atoms with E-state index in [9.17, 15) is 22.4 Å². The molecular weight excluding hydrogens is 593 g/mol. The minimum absolute atomic E-state index is 0.0285. The van der Waals surface area contributed by atoms with Gasteiger partial charge in [-0.2, -0.15) is 0 Å². The fourth-order valence-corrected chi connectivity index (χ4v) is 5.62. The lowest BCUT2D eigenvalue weighted by Gasteiger charge is -2.33. The highest BCUT2D eigenvalue weighted by Gasteiger charge is 2.33. The van der Waals surface area contributed by atoms with Gasteiger partial charge >= 0.3 is 0 Å². The summed E-state index contributed by atoms with van der Waals surface area (Å²) >= 11 is 0. The Morgan fingerprint density at radius 3 is 2.02 bits per heavy atom. The van der Waals surface area contributed by atoms with E-state index in [1.54, 1.807) is 48.5 Å². The van der Waals surface area contributed by atoms with E-state index in [2.05, 4.69) is 5.32 Å². The second-order valence-electron chi connectivity index (χ2n) is 10.7. The number of halogens is 1. The van der Waals surface area contributed by atoms with Gasteiger partial charge in [0.2, 0.25) is 21.8 Å². The first-order valence-electron chi connectivity index (χ1n) is 14.8. The lowest BCUT2D eigenvalue weighted by atomic mass is 10.0. The van der Waals surface area contributed by atoms with Crippen LogP contribution in [0.4, 0.5) is 10.1 Å². The van der Waals surface area contributed by atoms with Crippen molar-refractivity contribution in [1.29, 1.82) is 0 Å². The fourth-order valence-electron chi connectivity index (χ4n) is 4.77. The third-order valence-corrected chi connectivity index (χ3v) is 8.29. The Bertz CT molecular complexity index is 1630. The van der Waals surface area contributed by atoms with Crippen LogP contribution in [0.2, 0.25) is 0 Å². The quantitative estimate of drug-likeness (QED) is 0.164. The molecule has 10 heteroatoms. The molecule has 0 aliphatic heterocycles. The number of sulfonamides is 1. The van der Waals surface area contributed by atoms with Crippen LogP contribution >= 0.6 is 0 Å². The third-order valence-electron chi connectivity index (χ3n) is 7.15. The smallest absolute Gasteiger partial charge is 0.244 e. The molecule has 45 heavy (non-hydrogen) atoms. The van der Waals surface area contributed by atoms with Crippen LogP contribution in [0.15, 0.2) is 109 Å². The number of unbranched alkanes of at least 4 members (excludes halogenated alkanes) is 1. The van der Waals surface area contributed by atoms with Crippen LogP contribution in [-0.2, 0) is 32.6 Å². The van der Waals surface area contributed by atoms with E-state index in [1.807, 2.05) is 55.5 Å². The van der Waals surface area contributed by atoms with Crippen LogP contribution in [0.5, 0.6) is 11.5 Å². The van der Waals surface area contributed by atoms with Gasteiger partial charge in [0.25, 0.3) is 0 Å². The van der Waals surface area contributed by atoms with E-state index in [4.69, 9.17) is 4.74 Å². The summed E-state index contributed by atoms with van der Waals surface area (Å²) in [5.74, 6) is -0.248. The number of carbonyl (C=O) groups is 2. The molecule has 4 aromatic rings. The maximum absolute atomic E-state index is 14.2. The Morgan fingerprint density at radius 1 is 0.822 bits per heavy atom. The summed E-state index contributed by atoms with van der Waals surface area (Å²) in [4.78, 5) is 29.2. The maximum atomic E-state index is 14.2. The predicted octanol–water partition coefficient (Wildman–Crippen LogP) is 5.94. The van der Waals surface area contributed by atoms with Gasteiger partial charge in [-0.1, -0.05) is 74.0 Å². The van der Waals surface area contributed by atoms with Crippen molar-refractivity contribution in [3.05, 3.63) is 126 Å². The topological polar surface area (TPSA) is 96.0 Å². The zero-order chi connectivity index (χ0) is 32.2. The maximum Gasteiger partial charge on any atom is 0.244 e. The first-order chi connectivity index (χ1) is 21.6. The van der Waals surface area contributed by atoms with Crippen molar-refractivity contribution in [3.8, 4) is 11.5 Å². The van der Waals surface area contributed by atoms with E-state index >= 15 is 0 Å². The van der Waals surface area contributed by atoms with E-state index in [1.165, 1.54) is 17.0 Å². The van der Waals surface area contributed by atoms with E-state index in [0.29, 0.717) is 23.6 Å². The Labute approximate surface area is 264 Å². The molecule has 0 spiro atoms. The molecule has 4 rings (SSSR count). The summed E-state index contributed by atoms with van der Waals surface area (Å²) in [5, 5.41) is 2.94. The Balaban J connectivity index is 1.66. The van der Waals surface area contributed by atoms with Crippen LogP contribution < -0.4 is 14.4 Å². The highest BCUT2D eigenvalue weighted by molar-refractivity contribution is 7.92. The van der Waals surface area contributed by atoms with Crippen LogP contribution in [0.3, 0.4) is 0 Å². The Kier molecular flexibility index (Phi) is 11.7. The van der Waals surface area contributed by atoms with Gasteiger partial charge < -0.3 is 15.0 Å². The zero-order valence-corrected chi connectivity index (χ0v) is 26.3. The number of hydrogen-bond donors (Lipinski definition) is 1. The molecular formula is C35H38FN3O5S. The highest BCUT2D eigenvalue weighted by Crippen LogP contribution is 2.26. The number of hydrogen-bond acceptors (Lipinski definition) is 5. The van der Waals surface area contributed by atoms with Gasteiger partial charge in [0.1, 0.15) is 29.9 Å². The summed E-state index contributed by atoms with van der Waals surface area (Å²) in [6.45, 7) is 1.87. The van der Waals surface area contributed by atoms with Gasteiger partial charge in [0.05, 0.1) is 11.9 Å². The summed E-state index contributed by atoms with van der Waals surface area (Å²) in [6, 6.07) is 29.5. The number of ether oxygens (including phenoxy) is 1. The van der Waals surface area contributed by atoms with E-state index in [-0.39, 0.29) is 24.6 Å². The summed E-state index contributed by atoms with van der Waals surface area (Å²) in [6.07, 6.45) is 2.87. The molecule has 0 aromatic heterocycles. The molecule has 2 amide bonds. The van der Waals surface area contributed by atoms with E-state index < -0.39 is 34.3 Å². The standard InChI is InChI=1S/C35H38FN3O5S/c1-3-4-23-37-35(41)33(24-27-11-7-5-8-12-27)38(25-28-15-17-29(36)18-16-28)34(40)26-39(45(2,42)43)30-19-21-32(22-20-30)44-31-13-9-6-10-14-31/h5-22,33H,3-4,23-26H2,1-2H3,(H,37,41)/t33-/m1/s1. The SMILES string of the molecule is CCCCNC(=O)[C@@H](Cc1ccccc1)N(Cc1ccc(F)cc1)C(=O)CN(c1ccc(Oc2ccccc2)cc1)S(C)(=O)=O. The van der Waals surface area contributed by atoms with Gasteiger partial charge in [-0.05, 0) is 66.1 Å². The number of nitrogens with one attached hydrogen (secondary N) is 1. The lowest BCUT2D eigenvalue weighted by molar-refractivity contribution is -0.140. The third kappa shape index (κ3) is 9.90. The number of benzene rings is 4. The normalized spacial score (nSPS) is 11.8. The summed E-state index contributed by atoms with van der Waals surface area (Å²) in [5.41, 5.74) is 1.69. The van der Waals surface area contributed by atoms with Crippen molar-refractivity contribution < 1.29 is 27.1 Å². The summed E-state index contributed by atoms with van der Waals surface area (Å²) in [7, 11) is -3.92. The molecule has 0 heterocycles. The lowest BCUT2D eigenvalue weighted by Crippen LogP contribution is -2.53. The second kappa shape index (κ2) is 15.9. The molecule has 0 bridgehead atoms. The van der Waals surface area contributed by atoms with Crippen LogP contribution in [-0.4, -0.2) is 50.5 Å². The highest BCUT2D eigenvalue weighted by atomic mass is 32.2. The number of nitrogens with zero attached hydrogens (tertiary/aromatic N) is 2. The molecule has 8 nitrogen and oxygen atoms in total. The largest absolute Gasteiger partial charge is 0.457 e. The summed E-state index contributed by atoms with van der Waals surface area (Å²) < 4.78 is 46.7. The van der Waals surface area contributed by atoms with Crippen molar-refractivity contribution in [2.75, 3.05) is 23.7 Å². The molecule has 0 saturated carbocycles. The first kappa shape index (κ1) is 33.2. The Morgan fingerprint density at radius 2 is 1.42 bits per heavy atom. The number of anilines is 1. The van der Waals surface area contributed by atoms with Crippen LogP contribution in [0, 0.1) is 5.82 Å². The average Bonchev–Trinajstić information content (AvgIpc) is 3.03. The average molecular weight is 632 g/mol. The first-order valence-corrected chi connectivity index (χ1v) is 16.6. The van der Waals surface area contributed by atoms with Gasteiger partial charge in [-0.25, -0.2) is 12.8 Å². The molecule has 0 aliphatic carbocycles. The van der Waals surface area contributed by atoms with E-state index in [0.717, 1.165) is 29.0 Å². The number of amides is 2. The number of rotatable bonds is 15. The van der Waals surface area contributed by atoms with Crippen LogP contribution in [0.25, 0.3) is 0 Å². The minimum atomic E-state index is -3.92. The molecule has 0 radical (unpaired) electrons. The molecule has 236 valence electrons. The number of carbonyl (C=O) groups excluding carboxylic acids is 2.